The van der Waals surface area contributed by atoms with Crippen molar-refractivity contribution in [3.63, 3.8) is 0 Å². The summed E-state index contributed by atoms with van der Waals surface area (Å²) in [6.07, 6.45) is 5.53. The van der Waals surface area contributed by atoms with Crippen LogP contribution in [0.15, 0.2) is 0 Å². The fourth-order valence-corrected chi connectivity index (χ4v) is 4.39. The number of hydrogen-bond donors (Lipinski definition) is 1. The summed E-state index contributed by atoms with van der Waals surface area (Å²) < 4.78 is 0. The Hall–Kier alpha value is -0.610. The van der Waals surface area contributed by atoms with Crippen molar-refractivity contribution in [1.29, 1.82) is 0 Å². The highest BCUT2D eigenvalue weighted by molar-refractivity contribution is 5.71. The number of carboxylic acid groups (broad SMARTS) is 1. The van der Waals surface area contributed by atoms with E-state index < -0.39 is 5.97 Å². The van der Waals surface area contributed by atoms with Gasteiger partial charge >= 0.3 is 5.97 Å². The molecule has 1 saturated heterocycles. The predicted molar refractivity (Wildman–Crippen MR) is 85.4 cm³/mol. The van der Waals surface area contributed by atoms with E-state index in [4.69, 9.17) is 0 Å². The number of carboxylic acids is 1. The normalized spacial score (nSPS) is 35.8. The van der Waals surface area contributed by atoms with Crippen LogP contribution in [0, 0.1) is 11.8 Å². The quantitative estimate of drug-likeness (QED) is 0.847. The smallest absolute Gasteiger partial charge is 0.308 e. The minimum atomic E-state index is -0.583. The molecule has 1 aliphatic heterocycles. The van der Waals surface area contributed by atoms with Gasteiger partial charge in [0.1, 0.15) is 0 Å². The van der Waals surface area contributed by atoms with E-state index in [9.17, 15) is 9.90 Å². The molecular formula is C17H32N2O2. The third-order valence-corrected chi connectivity index (χ3v) is 5.61. The number of rotatable bonds is 5. The second-order valence-electron chi connectivity index (χ2n) is 6.95. The predicted octanol–water partition coefficient (Wildman–Crippen LogP) is 2.68. The van der Waals surface area contributed by atoms with Crippen molar-refractivity contribution in [2.24, 2.45) is 11.8 Å². The zero-order chi connectivity index (χ0) is 15.4. The summed E-state index contributed by atoms with van der Waals surface area (Å²) in [5.74, 6) is -0.00545. The molecule has 4 nitrogen and oxygen atoms in total. The average Bonchev–Trinajstić information content (AvgIpc) is 2.47. The van der Waals surface area contributed by atoms with Crippen LogP contribution >= 0.6 is 0 Å². The molecule has 4 unspecified atom stereocenters. The zero-order valence-electron chi connectivity index (χ0n) is 13.9. The van der Waals surface area contributed by atoms with Crippen LogP contribution in [0.3, 0.4) is 0 Å². The molecule has 4 heteroatoms. The van der Waals surface area contributed by atoms with Crippen molar-refractivity contribution >= 4 is 5.97 Å². The van der Waals surface area contributed by atoms with E-state index in [-0.39, 0.29) is 12.0 Å². The first-order valence-corrected chi connectivity index (χ1v) is 8.77. The number of likely N-dealkylation sites (N-methyl/N-ethyl adjacent to an activating group) is 1. The molecule has 0 spiro atoms. The number of nitrogens with zero attached hydrogens (tertiary/aromatic N) is 2. The van der Waals surface area contributed by atoms with Gasteiger partial charge in [0.25, 0.3) is 0 Å². The van der Waals surface area contributed by atoms with Gasteiger partial charge in [0.05, 0.1) is 5.92 Å². The van der Waals surface area contributed by atoms with Crippen LogP contribution in [-0.2, 0) is 4.79 Å². The molecule has 122 valence electrons. The van der Waals surface area contributed by atoms with Crippen LogP contribution < -0.4 is 0 Å². The van der Waals surface area contributed by atoms with Crippen LogP contribution in [0.2, 0.25) is 0 Å². The fraction of sp³-hybridized carbons (Fsp3) is 0.941. The third kappa shape index (κ3) is 3.98. The molecule has 4 atom stereocenters. The zero-order valence-corrected chi connectivity index (χ0v) is 13.9. The lowest BCUT2D eigenvalue weighted by Crippen LogP contribution is -2.58. The minimum Gasteiger partial charge on any atom is -0.481 e. The van der Waals surface area contributed by atoms with Crippen LogP contribution in [0.25, 0.3) is 0 Å². The number of hydrogen-bond acceptors (Lipinski definition) is 3. The summed E-state index contributed by atoms with van der Waals surface area (Å²) in [6, 6.07) is 0.805. The van der Waals surface area contributed by atoms with Gasteiger partial charge in [0.2, 0.25) is 0 Å². The van der Waals surface area contributed by atoms with E-state index in [0.29, 0.717) is 6.04 Å². The Morgan fingerprint density at radius 3 is 2.57 bits per heavy atom. The molecule has 1 N–H and O–H groups in total. The Bertz CT molecular complexity index is 348. The maximum atomic E-state index is 11.6. The topological polar surface area (TPSA) is 43.8 Å². The van der Waals surface area contributed by atoms with E-state index in [1.807, 2.05) is 0 Å². The SMILES string of the molecule is CCCC1CCC(C(=O)O)C(N2CCN(CC)C(C)C2)C1. The molecule has 2 aliphatic rings. The van der Waals surface area contributed by atoms with Gasteiger partial charge < -0.3 is 5.11 Å². The summed E-state index contributed by atoms with van der Waals surface area (Å²) in [7, 11) is 0. The first-order chi connectivity index (χ1) is 10.1. The third-order valence-electron chi connectivity index (χ3n) is 5.61. The van der Waals surface area contributed by atoms with Crippen LogP contribution in [-0.4, -0.2) is 59.1 Å². The van der Waals surface area contributed by atoms with E-state index >= 15 is 0 Å². The van der Waals surface area contributed by atoms with Gasteiger partial charge in [-0.05, 0) is 38.6 Å². The fourth-order valence-electron chi connectivity index (χ4n) is 4.39. The van der Waals surface area contributed by atoms with Gasteiger partial charge in [-0.2, -0.15) is 0 Å². The maximum absolute atomic E-state index is 11.6. The molecule has 0 aromatic rings. The van der Waals surface area contributed by atoms with Gasteiger partial charge in [-0.15, -0.1) is 0 Å². The summed E-state index contributed by atoms with van der Waals surface area (Å²) in [5, 5.41) is 9.58. The van der Waals surface area contributed by atoms with Gasteiger partial charge in [-0.25, -0.2) is 0 Å². The first kappa shape index (κ1) is 16.8. The second kappa shape index (κ2) is 7.59. The molecule has 21 heavy (non-hydrogen) atoms. The van der Waals surface area contributed by atoms with Crippen molar-refractivity contribution in [3.05, 3.63) is 0 Å². The van der Waals surface area contributed by atoms with E-state index in [2.05, 4.69) is 30.6 Å². The lowest BCUT2D eigenvalue weighted by molar-refractivity contribution is -0.147. The Kier molecular flexibility index (Phi) is 6.06. The number of aliphatic carboxylic acids is 1. The second-order valence-corrected chi connectivity index (χ2v) is 6.95. The van der Waals surface area contributed by atoms with E-state index in [1.54, 1.807) is 0 Å². The molecule has 2 fully saturated rings. The number of piperazine rings is 1. The molecule has 0 amide bonds. The standard InChI is InChI=1S/C17H32N2O2/c1-4-6-14-7-8-15(17(20)21)16(11-14)19-10-9-18(5-2)13(3)12-19/h13-16H,4-12H2,1-3H3,(H,20,21). The molecule has 0 radical (unpaired) electrons. The molecule has 1 aliphatic carbocycles. The summed E-state index contributed by atoms with van der Waals surface area (Å²) in [5.41, 5.74) is 0. The van der Waals surface area contributed by atoms with E-state index in [0.717, 1.165) is 51.4 Å². The molecule has 1 heterocycles. The molecule has 2 rings (SSSR count). The average molecular weight is 296 g/mol. The first-order valence-electron chi connectivity index (χ1n) is 8.77. The van der Waals surface area contributed by atoms with Crippen LogP contribution in [0.4, 0.5) is 0 Å². The van der Waals surface area contributed by atoms with Crippen molar-refractivity contribution in [2.45, 2.75) is 65.0 Å². The Balaban J connectivity index is 2.03. The van der Waals surface area contributed by atoms with Gasteiger partial charge in [-0.3, -0.25) is 14.6 Å². The maximum Gasteiger partial charge on any atom is 0.308 e. The molecule has 0 aromatic heterocycles. The van der Waals surface area contributed by atoms with Crippen molar-refractivity contribution < 1.29 is 9.90 Å². The number of carbonyl (C=O) groups is 1. The monoisotopic (exact) mass is 296 g/mol. The Morgan fingerprint density at radius 1 is 1.24 bits per heavy atom. The lowest BCUT2D eigenvalue weighted by atomic mass is 9.75. The van der Waals surface area contributed by atoms with Crippen LogP contribution in [0.5, 0.6) is 0 Å². The Morgan fingerprint density at radius 2 is 2.00 bits per heavy atom. The van der Waals surface area contributed by atoms with Gasteiger partial charge in [0, 0.05) is 31.7 Å². The summed E-state index contributed by atoms with van der Waals surface area (Å²) in [4.78, 5) is 16.6. The summed E-state index contributed by atoms with van der Waals surface area (Å²) in [6.45, 7) is 11.0. The van der Waals surface area contributed by atoms with Crippen molar-refractivity contribution in [1.82, 2.24) is 9.80 Å². The Labute approximate surface area is 129 Å². The van der Waals surface area contributed by atoms with Crippen LogP contribution in [0.1, 0.15) is 52.9 Å². The van der Waals surface area contributed by atoms with E-state index in [1.165, 1.54) is 12.8 Å². The highest BCUT2D eigenvalue weighted by Gasteiger charge is 2.39. The largest absolute Gasteiger partial charge is 0.481 e. The lowest BCUT2D eigenvalue weighted by Gasteiger charge is -2.47. The molecule has 0 aromatic carbocycles. The minimum absolute atomic E-state index is 0.154. The van der Waals surface area contributed by atoms with Gasteiger partial charge in [0.15, 0.2) is 0 Å². The van der Waals surface area contributed by atoms with Crippen molar-refractivity contribution in [3.8, 4) is 0 Å². The highest BCUT2D eigenvalue weighted by atomic mass is 16.4. The highest BCUT2D eigenvalue weighted by Crippen LogP contribution is 2.35. The summed E-state index contributed by atoms with van der Waals surface area (Å²) >= 11 is 0. The molecule has 1 saturated carbocycles. The molecular weight excluding hydrogens is 264 g/mol. The van der Waals surface area contributed by atoms with Gasteiger partial charge in [-0.1, -0.05) is 26.7 Å². The van der Waals surface area contributed by atoms with Crippen molar-refractivity contribution in [2.75, 3.05) is 26.2 Å². The molecule has 0 bridgehead atoms.